The second-order valence-electron chi connectivity index (χ2n) is 11.0. The average Bonchev–Trinajstić information content (AvgIpc) is 3.38. The van der Waals surface area contributed by atoms with Crippen LogP contribution in [0.3, 0.4) is 0 Å². The molecular formula is C31H36ClF2N7. The van der Waals surface area contributed by atoms with Crippen molar-refractivity contribution in [1.29, 1.82) is 5.26 Å². The lowest BCUT2D eigenvalue weighted by atomic mass is 9.88. The molecule has 0 N–H and O–H groups in total. The van der Waals surface area contributed by atoms with Crippen LogP contribution >= 0.6 is 11.6 Å². The number of aromatic nitrogens is 1. The zero-order valence-corrected chi connectivity index (χ0v) is 24.3. The number of allylic oxidation sites excluding steroid dienone is 1. The van der Waals surface area contributed by atoms with Gasteiger partial charge in [0.05, 0.1) is 24.1 Å². The molecule has 7 nitrogen and oxygen atoms in total. The highest BCUT2D eigenvalue weighted by Crippen LogP contribution is 2.38. The van der Waals surface area contributed by atoms with Crippen LogP contribution in [-0.4, -0.2) is 84.3 Å². The largest absolute Gasteiger partial charge is 0.353 e. The lowest BCUT2D eigenvalue weighted by Gasteiger charge is -2.37. The van der Waals surface area contributed by atoms with Crippen LogP contribution in [0.1, 0.15) is 60.9 Å². The van der Waals surface area contributed by atoms with Crippen LogP contribution in [0.15, 0.2) is 40.3 Å². The zero-order valence-electron chi connectivity index (χ0n) is 23.5. The molecule has 5 rings (SSSR count). The van der Waals surface area contributed by atoms with Gasteiger partial charge in [-0.3, -0.25) is 4.99 Å². The number of benzene rings is 1. The summed E-state index contributed by atoms with van der Waals surface area (Å²) in [5.74, 6) is 0.261. The van der Waals surface area contributed by atoms with E-state index in [-0.39, 0.29) is 31.0 Å². The number of likely N-dealkylation sites (tertiary alicyclic amines) is 1. The molecule has 1 aromatic heterocycles. The summed E-state index contributed by atoms with van der Waals surface area (Å²) >= 11 is 6.56. The third-order valence-electron chi connectivity index (χ3n) is 8.40. The van der Waals surface area contributed by atoms with E-state index in [1.54, 1.807) is 6.07 Å². The third-order valence-corrected chi connectivity index (χ3v) is 8.71. The van der Waals surface area contributed by atoms with Crippen molar-refractivity contribution in [3.8, 4) is 6.07 Å². The van der Waals surface area contributed by atoms with Gasteiger partial charge in [0.25, 0.3) is 0 Å². The number of hydrogen-bond acceptors (Lipinski definition) is 6. The first kappa shape index (κ1) is 29.3. The summed E-state index contributed by atoms with van der Waals surface area (Å²) in [5, 5.41) is 10.5. The molecule has 2 fully saturated rings. The Bertz CT molecular complexity index is 1390. The molecule has 2 atom stereocenters. The molecule has 216 valence electrons. The van der Waals surface area contributed by atoms with Crippen LogP contribution in [0, 0.1) is 17.1 Å². The molecule has 2 aliphatic heterocycles. The fourth-order valence-corrected chi connectivity index (χ4v) is 6.52. The van der Waals surface area contributed by atoms with Crippen LogP contribution < -0.4 is 0 Å². The van der Waals surface area contributed by atoms with Gasteiger partial charge in [-0.2, -0.15) is 5.26 Å². The van der Waals surface area contributed by atoms with Crippen molar-refractivity contribution in [3.63, 3.8) is 0 Å². The number of aryl methyl sites for hydroxylation is 1. The maximum Gasteiger partial charge on any atom is 0.163 e. The first-order chi connectivity index (χ1) is 19.9. The summed E-state index contributed by atoms with van der Waals surface area (Å²) in [5.41, 5.74) is 3.07. The van der Waals surface area contributed by atoms with Gasteiger partial charge in [0.1, 0.15) is 17.3 Å². The van der Waals surface area contributed by atoms with Crippen LogP contribution in [0.5, 0.6) is 0 Å². The van der Waals surface area contributed by atoms with Crippen molar-refractivity contribution in [2.75, 3.05) is 39.8 Å². The van der Waals surface area contributed by atoms with Crippen molar-refractivity contribution in [2.24, 2.45) is 9.98 Å². The second-order valence-corrected chi connectivity index (χ2v) is 11.4. The number of hydrogen-bond donors (Lipinski definition) is 0. The lowest BCUT2D eigenvalue weighted by Crippen LogP contribution is -2.52. The third kappa shape index (κ3) is 6.35. The highest BCUT2D eigenvalue weighted by atomic mass is 35.5. The van der Waals surface area contributed by atoms with E-state index in [0.717, 1.165) is 43.4 Å². The van der Waals surface area contributed by atoms with Gasteiger partial charge in [0.15, 0.2) is 5.82 Å². The molecule has 0 radical (unpaired) electrons. The van der Waals surface area contributed by atoms with E-state index >= 15 is 4.39 Å². The highest BCUT2D eigenvalue weighted by molar-refractivity contribution is 6.32. The normalized spacial score (nSPS) is 21.9. The molecule has 2 unspecified atom stereocenters. The number of nitriles is 1. The molecular weight excluding hydrogens is 544 g/mol. The number of halogens is 3. The van der Waals surface area contributed by atoms with E-state index in [1.165, 1.54) is 18.9 Å². The Balaban J connectivity index is 1.49. The molecule has 0 saturated carbocycles. The molecule has 1 aromatic carbocycles. The fourth-order valence-electron chi connectivity index (χ4n) is 6.23. The Kier molecular flexibility index (Phi) is 9.43. The minimum absolute atomic E-state index is 0.0424. The van der Waals surface area contributed by atoms with Gasteiger partial charge < -0.3 is 9.80 Å². The van der Waals surface area contributed by atoms with Crippen molar-refractivity contribution in [1.82, 2.24) is 19.9 Å². The smallest absolute Gasteiger partial charge is 0.163 e. The number of aliphatic imine (C=N–C) groups is 2. The molecule has 0 bridgehead atoms. The number of nitrogens with zero attached hydrogens (tertiary/aromatic N) is 7. The highest BCUT2D eigenvalue weighted by Gasteiger charge is 2.31. The fraction of sp³-hybridized carbons (Fsp3) is 0.484. The number of rotatable bonds is 8. The molecule has 0 spiro atoms. The summed E-state index contributed by atoms with van der Waals surface area (Å²) < 4.78 is 30.5. The number of fused-ring (bicyclic) bond motifs is 1. The molecule has 41 heavy (non-hydrogen) atoms. The molecule has 2 aromatic rings. The van der Waals surface area contributed by atoms with Gasteiger partial charge in [-0.05, 0) is 76.5 Å². The van der Waals surface area contributed by atoms with Gasteiger partial charge in [0.2, 0.25) is 0 Å². The SMILES string of the molecule is C=Nc1nc(C2=CCCc3cccc(Cl)c32)c(F)cc1C(=NCCCC1CCCN1C)N1CCN(F)C(CC#N)C1. The zero-order chi connectivity index (χ0) is 28.9. The van der Waals surface area contributed by atoms with Gasteiger partial charge in [-0.25, -0.2) is 14.4 Å². The van der Waals surface area contributed by atoms with Crippen molar-refractivity contribution >= 4 is 35.5 Å². The summed E-state index contributed by atoms with van der Waals surface area (Å²) in [4.78, 5) is 18.1. The summed E-state index contributed by atoms with van der Waals surface area (Å²) in [7, 11) is 2.16. The number of pyridine rings is 1. The lowest BCUT2D eigenvalue weighted by molar-refractivity contribution is -0.0538. The minimum atomic E-state index is -0.602. The molecule has 1 aliphatic carbocycles. The number of piperazine rings is 1. The number of amidine groups is 1. The maximum absolute atomic E-state index is 16.0. The monoisotopic (exact) mass is 579 g/mol. The van der Waals surface area contributed by atoms with Gasteiger partial charge in [-0.1, -0.05) is 29.8 Å². The molecule has 2 saturated heterocycles. The first-order valence-corrected chi connectivity index (χ1v) is 14.7. The quantitative estimate of drug-likeness (QED) is 0.166. The van der Waals surface area contributed by atoms with E-state index in [9.17, 15) is 9.74 Å². The molecule has 3 aliphatic rings. The second kappa shape index (κ2) is 13.2. The van der Waals surface area contributed by atoms with Crippen molar-refractivity contribution in [3.05, 3.63) is 63.6 Å². The van der Waals surface area contributed by atoms with E-state index in [1.807, 2.05) is 23.1 Å². The van der Waals surface area contributed by atoms with Crippen molar-refractivity contribution < 1.29 is 8.87 Å². The Labute approximate surface area is 245 Å². The summed E-state index contributed by atoms with van der Waals surface area (Å²) in [6.45, 7) is 6.10. The van der Waals surface area contributed by atoms with E-state index < -0.39 is 11.9 Å². The van der Waals surface area contributed by atoms with Gasteiger partial charge >= 0.3 is 0 Å². The summed E-state index contributed by atoms with van der Waals surface area (Å²) in [6.07, 6.45) is 7.87. The van der Waals surface area contributed by atoms with Crippen LogP contribution in [0.25, 0.3) is 5.57 Å². The van der Waals surface area contributed by atoms with E-state index in [0.29, 0.717) is 46.2 Å². The van der Waals surface area contributed by atoms with Gasteiger partial charge in [0, 0.05) is 48.4 Å². The van der Waals surface area contributed by atoms with Crippen LogP contribution in [-0.2, 0) is 6.42 Å². The predicted molar refractivity (Wildman–Crippen MR) is 160 cm³/mol. The predicted octanol–water partition coefficient (Wildman–Crippen LogP) is 5.99. The topological polar surface area (TPSA) is 71.1 Å². The Morgan fingerprint density at radius 1 is 1.27 bits per heavy atom. The van der Waals surface area contributed by atoms with Gasteiger partial charge in [-0.15, -0.1) is 9.60 Å². The Morgan fingerprint density at radius 2 is 2.12 bits per heavy atom. The summed E-state index contributed by atoms with van der Waals surface area (Å²) in [6, 6.07) is 9.14. The van der Waals surface area contributed by atoms with E-state index in [4.69, 9.17) is 16.6 Å². The standard InChI is InChI=1S/C31H36ClF2N7/c1-36-30-25(19-27(33)29(38-30)24-11-3-7-21-8-4-12-26(32)28(21)24)31(37-15-5-9-22-10-6-16-39(22)2)40-17-18-41(34)23(20-40)13-14-35/h4,8,11-12,19,22-23H,1,3,5-7,9-10,13,15-18,20H2,2H3. The Hall–Kier alpha value is -3.19. The van der Waals surface area contributed by atoms with Crippen molar-refractivity contribution in [2.45, 2.75) is 57.0 Å². The minimum Gasteiger partial charge on any atom is -0.353 e. The Morgan fingerprint density at radius 3 is 2.88 bits per heavy atom. The van der Waals surface area contributed by atoms with E-state index in [2.05, 4.69) is 34.7 Å². The molecule has 0 amide bonds. The van der Waals surface area contributed by atoms with Crippen LogP contribution in [0.4, 0.5) is 14.7 Å². The molecule has 3 heterocycles. The first-order valence-electron chi connectivity index (χ1n) is 14.4. The molecule has 10 heteroatoms. The average molecular weight is 580 g/mol. The van der Waals surface area contributed by atoms with Crippen LogP contribution in [0.2, 0.25) is 5.02 Å². The maximum atomic E-state index is 16.0.